The number of aliphatic hydroxyl groups is 1. The maximum atomic E-state index is 9.34. The van der Waals surface area contributed by atoms with Crippen molar-refractivity contribution in [2.24, 2.45) is 0 Å². The standard InChI is InChI=1S/C15H28N4O/c1-5-8-16-14-12(4)15(18-11-17-14)19(9-10-20)13(6-2)7-3/h11,13,20H,5-10H2,1-4H3,(H,16,17,18). The topological polar surface area (TPSA) is 61.3 Å². The highest BCUT2D eigenvalue weighted by atomic mass is 16.3. The Hall–Kier alpha value is -1.36. The fourth-order valence-corrected chi connectivity index (χ4v) is 2.45. The summed E-state index contributed by atoms with van der Waals surface area (Å²) >= 11 is 0. The molecular formula is C15H28N4O. The maximum Gasteiger partial charge on any atom is 0.137 e. The van der Waals surface area contributed by atoms with Gasteiger partial charge in [0.05, 0.1) is 6.61 Å². The SMILES string of the molecule is CCCNc1ncnc(N(CCO)C(CC)CC)c1C. The second kappa shape index (κ2) is 8.74. The van der Waals surface area contributed by atoms with E-state index in [0.717, 1.165) is 43.0 Å². The Morgan fingerprint density at radius 1 is 1.25 bits per heavy atom. The molecule has 1 rings (SSSR count). The van der Waals surface area contributed by atoms with Gasteiger partial charge in [-0.2, -0.15) is 0 Å². The number of hydrogen-bond acceptors (Lipinski definition) is 5. The molecule has 0 saturated carbocycles. The number of rotatable bonds is 9. The van der Waals surface area contributed by atoms with E-state index in [0.29, 0.717) is 12.6 Å². The average Bonchev–Trinajstić information content (AvgIpc) is 2.47. The number of anilines is 2. The molecule has 0 fully saturated rings. The normalized spacial score (nSPS) is 10.9. The monoisotopic (exact) mass is 280 g/mol. The van der Waals surface area contributed by atoms with E-state index in [1.54, 1.807) is 6.33 Å². The van der Waals surface area contributed by atoms with Gasteiger partial charge in [0, 0.05) is 24.7 Å². The lowest BCUT2D eigenvalue weighted by molar-refractivity contribution is 0.295. The zero-order valence-corrected chi connectivity index (χ0v) is 13.2. The molecule has 0 aliphatic carbocycles. The highest BCUT2D eigenvalue weighted by Crippen LogP contribution is 2.25. The van der Waals surface area contributed by atoms with E-state index in [-0.39, 0.29) is 6.61 Å². The maximum absolute atomic E-state index is 9.34. The van der Waals surface area contributed by atoms with Crippen LogP contribution in [0.5, 0.6) is 0 Å². The van der Waals surface area contributed by atoms with Crippen LogP contribution in [-0.2, 0) is 0 Å². The summed E-state index contributed by atoms with van der Waals surface area (Å²) in [5, 5.41) is 12.7. The van der Waals surface area contributed by atoms with Crippen molar-refractivity contribution in [2.75, 3.05) is 29.9 Å². The molecule has 114 valence electrons. The van der Waals surface area contributed by atoms with Crippen LogP contribution < -0.4 is 10.2 Å². The van der Waals surface area contributed by atoms with Gasteiger partial charge in [-0.1, -0.05) is 20.8 Å². The van der Waals surface area contributed by atoms with E-state index in [1.807, 2.05) is 6.92 Å². The number of aromatic nitrogens is 2. The molecule has 0 unspecified atom stereocenters. The third kappa shape index (κ3) is 4.07. The van der Waals surface area contributed by atoms with Gasteiger partial charge in [0.15, 0.2) is 0 Å². The van der Waals surface area contributed by atoms with E-state index in [4.69, 9.17) is 0 Å². The van der Waals surface area contributed by atoms with Crippen LogP contribution in [-0.4, -0.2) is 40.8 Å². The molecule has 20 heavy (non-hydrogen) atoms. The first-order valence-electron chi connectivity index (χ1n) is 7.62. The van der Waals surface area contributed by atoms with Crippen LogP contribution in [0.1, 0.15) is 45.6 Å². The average molecular weight is 280 g/mol. The minimum atomic E-state index is 0.137. The summed E-state index contributed by atoms with van der Waals surface area (Å²) < 4.78 is 0. The van der Waals surface area contributed by atoms with Crippen LogP contribution in [0.3, 0.4) is 0 Å². The van der Waals surface area contributed by atoms with Crippen LogP contribution in [0.25, 0.3) is 0 Å². The highest BCUT2D eigenvalue weighted by Gasteiger charge is 2.19. The Morgan fingerprint density at radius 2 is 1.95 bits per heavy atom. The molecule has 0 atom stereocenters. The van der Waals surface area contributed by atoms with Crippen LogP contribution in [0.2, 0.25) is 0 Å². The van der Waals surface area contributed by atoms with E-state index >= 15 is 0 Å². The summed E-state index contributed by atoms with van der Waals surface area (Å²) in [5.74, 6) is 1.83. The quantitative estimate of drug-likeness (QED) is 0.728. The van der Waals surface area contributed by atoms with Gasteiger partial charge in [0.2, 0.25) is 0 Å². The fraction of sp³-hybridized carbons (Fsp3) is 0.733. The van der Waals surface area contributed by atoms with Crippen molar-refractivity contribution < 1.29 is 5.11 Å². The predicted octanol–water partition coefficient (Wildman–Crippen LogP) is 2.59. The fourth-order valence-electron chi connectivity index (χ4n) is 2.45. The van der Waals surface area contributed by atoms with Crippen molar-refractivity contribution in [3.8, 4) is 0 Å². The van der Waals surface area contributed by atoms with Crippen LogP contribution in [0.4, 0.5) is 11.6 Å². The first-order chi connectivity index (χ1) is 9.69. The van der Waals surface area contributed by atoms with E-state index < -0.39 is 0 Å². The Balaban J connectivity index is 3.06. The molecule has 0 aliphatic rings. The Morgan fingerprint density at radius 3 is 2.50 bits per heavy atom. The molecule has 1 heterocycles. The molecule has 1 aromatic heterocycles. The van der Waals surface area contributed by atoms with Crippen LogP contribution >= 0.6 is 0 Å². The smallest absolute Gasteiger partial charge is 0.137 e. The van der Waals surface area contributed by atoms with Crippen molar-refractivity contribution in [2.45, 2.75) is 53.0 Å². The summed E-state index contributed by atoms with van der Waals surface area (Å²) in [6, 6.07) is 0.398. The lowest BCUT2D eigenvalue weighted by Gasteiger charge is -2.32. The van der Waals surface area contributed by atoms with Crippen LogP contribution in [0, 0.1) is 6.92 Å². The number of hydrogen-bond donors (Lipinski definition) is 2. The van der Waals surface area contributed by atoms with E-state index in [1.165, 1.54) is 0 Å². The zero-order chi connectivity index (χ0) is 15.0. The van der Waals surface area contributed by atoms with Gasteiger partial charge in [-0.15, -0.1) is 0 Å². The van der Waals surface area contributed by atoms with Crippen molar-refractivity contribution in [3.63, 3.8) is 0 Å². The van der Waals surface area contributed by atoms with Gasteiger partial charge in [0.1, 0.15) is 18.0 Å². The van der Waals surface area contributed by atoms with Crippen molar-refractivity contribution >= 4 is 11.6 Å². The van der Waals surface area contributed by atoms with E-state index in [9.17, 15) is 5.11 Å². The summed E-state index contributed by atoms with van der Waals surface area (Å²) in [6.07, 6.45) is 4.74. The van der Waals surface area contributed by atoms with Gasteiger partial charge in [-0.3, -0.25) is 0 Å². The third-order valence-corrected chi connectivity index (χ3v) is 3.60. The van der Waals surface area contributed by atoms with Gasteiger partial charge >= 0.3 is 0 Å². The van der Waals surface area contributed by atoms with Gasteiger partial charge < -0.3 is 15.3 Å². The second-order valence-electron chi connectivity index (χ2n) is 4.98. The summed E-state index contributed by atoms with van der Waals surface area (Å²) in [7, 11) is 0. The molecule has 0 aromatic carbocycles. The molecular weight excluding hydrogens is 252 g/mol. The first kappa shape index (κ1) is 16.7. The molecule has 5 heteroatoms. The summed E-state index contributed by atoms with van der Waals surface area (Å²) in [5.41, 5.74) is 1.06. The van der Waals surface area contributed by atoms with Crippen LogP contribution in [0.15, 0.2) is 6.33 Å². The molecule has 0 spiro atoms. The Labute approximate surface area is 122 Å². The number of nitrogens with one attached hydrogen (secondary N) is 1. The molecule has 0 bridgehead atoms. The van der Waals surface area contributed by atoms with Gasteiger partial charge in [-0.05, 0) is 26.2 Å². The minimum absolute atomic E-state index is 0.137. The van der Waals surface area contributed by atoms with E-state index in [2.05, 4.69) is 41.0 Å². The lowest BCUT2D eigenvalue weighted by atomic mass is 10.1. The highest BCUT2D eigenvalue weighted by molar-refractivity contribution is 5.58. The molecule has 5 nitrogen and oxygen atoms in total. The first-order valence-corrected chi connectivity index (χ1v) is 7.62. The molecule has 0 aliphatic heterocycles. The molecule has 0 amide bonds. The van der Waals surface area contributed by atoms with Crippen molar-refractivity contribution in [3.05, 3.63) is 11.9 Å². The van der Waals surface area contributed by atoms with Crippen molar-refractivity contribution in [1.29, 1.82) is 0 Å². The third-order valence-electron chi connectivity index (χ3n) is 3.60. The molecule has 2 N–H and O–H groups in total. The second-order valence-corrected chi connectivity index (χ2v) is 4.98. The zero-order valence-electron chi connectivity index (χ0n) is 13.2. The molecule has 1 aromatic rings. The number of nitrogens with zero attached hydrogens (tertiary/aromatic N) is 3. The molecule has 0 saturated heterocycles. The predicted molar refractivity (Wildman–Crippen MR) is 84.4 cm³/mol. The summed E-state index contributed by atoms with van der Waals surface area (Å²) in [4.78, 5) is 11.0. The Bertz CT molecular complexity index is 393. The Kier molecular flexibility index (Phi) is 7.30. The lowest BCUT2D eigenvalue weighted by Crippen LogP contribution is -2.38. The largest absolute Gasteiger partial charge is 0.395 e. The van der Waals surface area contributed by atoms with Crippen molar-refractivity contribution in [1.82, 2.24) is 9.97 Å². The van der Waals surface area contributed by atoms with Gasteiger partial charge in [-0.25, -0.2) is 9.97 Å². The number of aliphatic hydroxyl groups excluding tert-OH is 1. The van der Waals surface area contributed by atoms with Gasteiger partial charge in [0.25, 0.3) is 0 Å². The summed E-state index contributed by atoms with van der Waals surface area (Å²) in [6.45, 7) is 10.2. The molecule has 0 radical (unpaired) electrons. The minimum Gasteiger partial charge on any atom is -0.395 e.